The monoisotopic (exact) mass is 267 g/mol. The first-order valence-electron chi connectivity index (χ1n) is 6.59. The molecule has 7 heteroatoms. The maximum Gasteiger partial charge on any atom is 0.222 e. The molecule has 2 aliphatic heterocycles. The lowest BCUT2D eigenvalue weighted by atomic mass is 10.2. The number of halogens is 1. The van der Waals surface area contributed by atoms with Crippen LogP contribution in [0.25, 0.3) is 0 Å². The van der Waals surface area contributed by atoms with Gasteiger partial charge in [0.05, 0.1) is 19.4 Å². The molecular weight excluding hydrogens is 249 g/mol. The van der Waals surface area contributed by atoms with Gasteiger partial charge in [0.15, 0.2) is 11.6 Å². The van der Waals surface area contributed by atoms with E-state index in [1.54, 1.807) is 0 Å². The van der Waals surface area contributed by atoms with Crippen LogP contribution in [-0.2, 0) is 4.74 Å². The molecule has 0 aliphatic carbocycles. The van der Waals surface area contributed by atoms with Crippen molar-refractivity contribution in [3.05, 3.63) is 12.0 Å². The summed E-state index contributed by atoms with van der Waals surface area (Å²) in [5.41, 5.74) is 5.53. The largest absolute Gasteiger partial charge is 0.379 e. The molecule has 2 saturated heterocycles. The van der Waals surface area contributed by atoms with Crippen LogP contribution in [0.1, 0.15) is 6.42 Å². The zero-order valence-electron chi connectivity index (χ0n) is 10.8. The number of ether oxygens (including phenoxy) is 1. The molecule has 1 aromatic heterocycles. The van der Waals surface area contributed by atoms with Gasteiger partial charge in [0.1, 0.15) is 0 Å². The topological polar surface area (TPSA) is 67.5 Å². The average Bonchev–Trinajstić information content (AvgIpc) is 2.92. The van der Waals surface area contributed by atoms with E-state index < -0.39 is 5.82 Å². The van der Waals surface area contributed by atoms with Crippen LogP contribution in [0.4, 0.5) is 16.2 Å². The Balaban J connectivity index is 1.69. The molecule has 0 saturated carbocycles. The van der Waals surface area contributed by atoms with Crippen molar-refractivity contribution in [1.82, 2.24) is 14.9 Å². The molecule has 2 aliphatic rings. The highest BCUT2D eigenvalue weighted by atomic mass is 19.1. The van der Waals surface area contributed by atoms with E-state index >= 15 is 0 Å². The molecule has 0 amide bonds. The molecule has 3 heterocycles. The quantitative estimate of drug-likeness (QED) is 0.820. The van der Waals surface area contributed by atoms with E-state index in [1.807, 2.05) is 4.90 Å². The molecule has 1 aromatic rings. The normalized spacial score (nSPS) is 24.9. The highest BCUT2D eigenvalue weighted by Crippen LogP contribution is 2.24. The fourth-order valence-electron chi connectivity index (χ4n) is 2.77. The number of nitrogen functional groups attached to an aromatic ring is 1. The van der Waals surface area contributed by atoms with Crippen LogP contribution in [0.3, 0.4) is 0 Å². The molecule has 1 atom stereocenters. The van der Waals surface area contributed by atoms with Crippen molar-refractivity contribution in [3.8, 4) is 0 Å². The summed E-state index contributed by atoms with van der Waals surface area (Å²) in [4.78, 5) is 12.0. The van der Waals surface area contributed by atoms with Gasteiger partial charge in [0.25, 0.3) is 0 Å². The Morgan fingerprint density at radius 3 is 2.89 bits per heavy atom. The molecule has 19 heavy (non-hydrogen) atoms. The summed E-state index contributed by atoms with van der Waals surface area (Å²) < 4.78 is 19.1. The minimum atomic E-state index is -0.406. The predicted octanol–water partition coefficient (Wildman–Crippen LogP) is 0.109. The Morgan fingerprint density at radius 1 is 1.32 bits per heavy atom. The Morgan fingerprint density at radius 2 is 2.11 bits per heavy atom. The van der Waals surface area contributed by atoms with Crippen LogP contribution in [0.5, 0.6) is 0 Å². The summed E-state index contributed by atoms with van der Waals surface area (Å²) in [5.74, 6) is 0.0336. The van der Waals surface area contributed by atoms with Crippen molar-refractivity contribution in [1.29, 1.82) is 0 Å². The van der Waals surface area contributed by atoms with E-state index in [2.05, 4.69) is 14.9 Å². The lowest BCUT2D eigenvalue weighted by molar-refractivity contribution is 0.0209. The lowest BCUT2D eigenvalue weighted by Gasteiger charge is -2.32. The third-order valence-electron chi connectivity index (χ3n) is 3.77. The van der Waals surface area contributed by atoms with Gasteiger partial charge in [0, 0.05) is 32.2 Å². The number of aromatic nitrogens is 2. The van der Waals surface area contributed by atoms with Gasteiger partial charge in [-0.2, -0.15) is 4.98 Å². The fraction of sp³-hybridized carbons (Fsp3) is 0.667. The Bertz CT molecular complexity index is 452. The number of hydrogen-bond donors (Lipinski definition) is 1. The molecule has 3 rings (SSSR count). The zero-order chi connectivity index (χ0) is 13.2. The molecule has 2 N–H and O–H groups in total. The van der Waals surface area contributed by atoms with Crippen LogP contribution in [0, 0.1) is 5.82 Å². The summed E-state index contributed by atoms with van der Waals surface area (Å²) in [5, 5.41) is 0. The van der Waals surface area contributed by atoms with E-state index in [0.29, 0.717) is 11.9 Å². The molecule has 104 valence electrons. The molecule has 0 spiro atoms. The highest BCUT2D eigenvalue weighted by molar-refractivity contribution is 5.43. The molecule has 0 aromatic carbocycles. The summed E-state index contributed by atoms with van der Waals surface area (Å²) >= 11 is 0. The van der Waals surface area contributed by atoms with Crippen molar-refractivity contribution in [3.63, 3.8) is 0 Å². The molecule has 0 bridgehead atoms. The number of hydrogen-bond acceptors (Lipinski definition) is 6. The van der Waals surface area contributed by atoms with Crippen LogP contribution in [0.15, 0.2) is 6.20 Å². The van der Waals surface area contributed by atoms with Crippen molar-refractivity contribution in [2.45, 2.75) is 12.5 Å². The van der Waals surface area contributed by atoms with Gasteiger partial charge < -0.3 is 15.4 Å². The van der Waals surface area contributed by atoms with Crippen LogP contribution in [-0.4, -0.2) is 60.3 Å². The summed E-state index contributed by atoms with van der Waals surface area (Å²) in [7, 11) is 0. The Kier molecular flexibility index (Phi) is 3.48. The summed E-state index contributed by atoms with van der Waals surface area (Å²) in [6.45, 7) is 5.05. The van der Waals surface area contributed by atoms with Gasteiger partial charge in [-0.15, -0.1) is 0 Å². The van der Waals surface area contributed by atoms with Gasteiger partial charge in [0.2, 0.25) is 5.95 Å². The predicted molar refractivity (Wildman–Crippen MR) is 69.4 cm³/mol. The van der Waals surface area contributed by atoms with Crippen molar-refractivity contribution >= 4 is 11.8 Å². The number of morpholine rings is 1. The molecule has 0 radical (unpaired) electrons. The first kappa shape index (κ1) is 12.6. The molecule has 2 fully saturated rings. The SMILES string of the molecule is Nc1ncc(F)c(N2CCC(N3CCOCC3)C2)n1. The second-order valence-electron chi connectivity index (χ2n) is 4.94. The Hall–Kier alpha value is -1.47. The van der Waals surface area contributed by atoms with Gasteiger partial charge >= 0.3 is 0 Å². The molecule has 1 unspecified atom stereocenters. The molecule has 6 nitrogen and oxygen atoms in total. The van der Waals surface area contributed by atoms with Crippen LogP contribution in [0.2, 0.25) is 0 Å². The first-order chi connectivity index (χ1) is 9.24. The smallest absolute Gasteiger partial charge is 0.222 e. The number of nitrogens with zero attached hydrogens (tertiary/aromatic N) is 4. The number of rotatable bonds is 2. The second-order valence-corrected chi connectivity index (χ2v) is 4.94. The van der Waals surface area contributed by atoms with E-state index in [1.165, 1.54) is 0 Å². The van der Waals surface area contributed by atoms with E-state index in [-0.39, 0.29) is 5.95 Å². The van der Waals surface area contributed by atoms with E-state index in [9.17, 15) is 4.39 Å². The minimum Gasteiger partial charge on any atom is -0.379 e. The zero-order valence-corrected chi connectivity index (χ0v) is 10.8. The van der Waals surface area contributed by atoms with Crippen LogP contribution < -0.4 is 10.6 Å². The lowest BCUT2D eigenvalue weighted by Crippen LogP contribution is -2.44. The van der Waals surface area contributed by atoms with Gasteiger partial charge in [-0.25, -0.2) is 9.37 Å². The maximum atomic E-state index is 13.7. The standard InChI is InChI=1S/C12H18FN5O/c13-10-7-15-12(14)16-11(10)18-2-1-9(8-18)17-3-5-19-6-4-17/h7,9H,1-6,8H2,(H2,14,15,16). The fourth-order valence-corrected chi connectivity index (χ4v) is 2.77. The van der Waals surface area contributed by atoms with Gasteiger partial charge in [-0.3, -0.25) is 4.90 Å². The Labute approximate surface area is 111 Å². The van der Waals surface area contributed by atoms with Crippen LogP contribution >= 0.6 is 0 Å². The van der Waals surface area contributed by atoms with Crippen molar-refractivity contribution in [2.75, 3.05) is 50.0 Å². The van der Waals surface area contributed by atoms with E-state index in [0.717, 1.165) is 52.0 Å². The van der Waals surface area contributed by atoms with Crippen molar-refractivity contribution < 1.29 is 9.13 Å². The number of nitrogens with two attached hydrogens (primary N) is 1. The van der Waals surface area contributed by atoms with Gasteiger partial charge in [-0.05, 0) is 6.42 Å². The molecular formula is C12H18FN5O. The summed E-state index contributed by atoms with van der Waals surface area (Å²) in [6, 6.07) is 0.444. The summed E-state index contributed by atoms with van der Waals surface area (Å²) in [6.07, 6.45) is 2.16. The van der Waals surface area contributed by atoms with Gasteiger partial charge in [-0.1, -0.05) is 0 Å². The van der Waals surface area contributed by atoms with E-state index in [4.69, 9.17) is 10.5 Å². The highest BCUT2D eigenvalue weighted by Gasteiger charge is 2.30. The third kappa shape index (κ3) is 2.62. The first-order valence-corrected chi connectivity index (χ1v) is 6.59. The average molecular weight is 267 g/mol. The maximum absolute atomic E-state index is 13.7. The third-order valence-corrected chi connectivity index (χ3v) is 3.77. The van der Waals surface area contributed by atoms with Crippen molar-refractivity contribution in [2.24, 2.45) is 0 Å². The second kappa shape index (κ2) is 5.26. The minimum absolute atomic E-state index is 0.117. The number of anilines is 2.